The molecule has 2 bridgehead atoms. The minimum absolute atomic E-state index is 0.641. The van der Waals surface area contributed by atoms with Gasteiger partial charge in [0.25, 0.3) is 11.6 Å². The Bertz CT molecular complexity index is 1270. The zero-order valence-corrected chi connectivity index (χ0v) is 19.6. The second-order valence-corrected chi connectivity index (χ2v) is 9.43. The Morgan fingerprint density at radius 3 is 1.33 bits per heavy atom. The van der Waals surface area contributed by atoms with Gasteiger partial charge in [0, 0.05) is 21.2 Å². The lowest BCUT2D eigenvalue weighted by atomic mass is 9.86. The Morgan fingerprint density at radius 2 is 0.939 bits per heavy atom. The van der Waals surface area contributed by atoms with Crippen molar-refractivity contribution in [3.05, 3.63) is 128 Å². The van der Waals surface area contributed by atoms with Crippen molar-refractivity contribution >= 4 is 23.2 Å². The van der Waals surface area contributed by atoms with Crippen molar-refractivity contribution in [3.8, 4) is 11.5 Å². The molecule has 2 aliphatic rings. The normalized spacial score (nSPS) is 22.5. The van der Waals surface area contributed by atoms with Crippen LogP contribution in [-0.4, -0.2) is 0 Å². The van der Waals surface area contributed by atoms with Gasteiger partial charge in [0.1, 0.15) is 11.5 Å². The van der Waals surface area contributed by atoms with Gasteiger partial charge in [-0.05, 0) is 62.4 Å². The van der Waals surface area contributed by atoms with Crippen LogP contribution in [0.4, 0.5) is 0 Å². The van der Waals surface area contributed by atoms with E-state index >= 15 is 0 Å². The largest absolute Gasteiger partial charge is 0.453 e. The zero-order valence-electron chi connectivity index (χ0n) is 18.1. The van der Waals surface area contributed by atoms with E-state index in [-0.39, 0.29) is 0 Å². The van der Waals surface area contributed by atoms with E-state index in [9.17, 15) is 0 Å². The molecule has 5 heteroatoms. The summed E-state index contributed by atoms with van der Waals surface area (Å²) in [4.78, 5) is 0. The summed E-state index contributed by atoms with van der Waals surface area (Å²) in [5.74, 6) is -1.06. The summed E-state index contributed by atoms with van der Waals surface area (Å²) < 4.78 is 20.5. The summed E-state index contributed by atoms with van der Waals surface area (Å²) in [5.41, 5.74) is 5.41. The van der Waals surface area contributed by atoms with Crippen LogP contribution in [0.25, 0.3) is 0 Å². The lowest BCUT2D eigenvalue weighted by Crippen LogP contribution is -2.56. The van der Waals surface area contributed by atoms with E-state index in [4.69, 9.17) is 37.4 Å². The van der Waals surface area contributed by atoms with Crippen molar-refractivity contribution in [1.29, 1.82) is 0 Å². The summed E-state index contributed by atoms with van der Waals surface area (Å²) in [7, 11) is 0. The van der Waals surface area contributed by atoms with Crippen LogP contribution >= 0.6 is 23.2 Å². The molecule has 0 aliphatic carbocycles. The first-order chi connectivity index (χ1) is 15.9. The Labute approximate surface area is 202 Å². The van der Waals surface area contributed by atoms with Crippen molar-refractivity contribution in [2.24, 2.45) is 0 Å². The maximum Gasteiger partial charge on any atom is 0.271 e. The average Bonchev–Trinajstić information content (AvgIpc) is 2.81. The Hall–Kier alpha value is -2.98. The van der Waals surface area contributed by atoms with E-state index in [1.807, 2.05) is 86.6 Å². The summed E-state index contributed by atoms with van der Waals surface area (Å²) >= 11 is 12.5. The molecule has 0 radical (unpaired) electrons. The average molecular weight is 475 g/mol. The summed E-state index contributed by atoms with van der Waals surface area (Å²) in [6, 6.07) is 27.2. The summed E-state index contributed by atoms with van der Waals surface area (Å²) in [5, 5.41) is 1.28. The van der Waals surface area contributed by atoms with Gasteiger partial charge in [0.05, 0.1) is 11.1 Å². The minimum atomic E-state index is -1.23. The monoisotopic (exact) mass is 474 g/mol. The number of aryl methyl sites for hydroxylation is 2. The lowest BCUT2D eigenvalue weighted by molar-refractivity contribution is -0.322. The number of hydrogen-bond acceptors (Lipinski definition) is 3. The van der Waals surface area contributed by atoms with Crippen molar-refractivity contribution in [2.75, 3.05) is 0 Å². The SMILES string of the molecule is Cc1ccc2c(c1)[C@]1(c3ccc(Cl)cc3)Oc3ccc(C)cc3[C@](c3ccc(Cl)cc3)(O2)O1. The van der Waals surface area contributed by atoms with Crippen LogP contribution in [-0.2, 0) is 16.3 Å². The van der Waals surface area contributed by atoms with E-state index in [0.717, 1.165) is 33.4 Å². The summed E-state index contributed by atoms with van der Waals surface area (Å²) in [6.45, 7) is 4.08. The fourth-order valence-electron chi connectivity index (χ4n) is 4.64. The molecule has 4 aromatic carbocycles. The Morgan fingerprint density at radius 1 is 0.545 bits per heavy atom. The van der Waals surface area contributed by atoms with E-state index in [2.05, 4.69) is 12.1 Å². The predicted molar refractivity (Wildman–Crippen MR) is 129 cm³/mol. The van der Waals surface area contributed by atoms with E-state index in [0.29, 0.717) is 21.5 Å². The van der Waals surface area contributed by atoms with Gasteiger partial charge in [-0.25, -0.2) is 0 Å². The standard InChI is InChI=1S/C28H20Cl2O3/c1-17-3-13-25-23(15-17)27(19-5-9-21(29)10-6-19)32-26-14-4-18(2)16-24(26)28(31-25,33-27)20-7-11-22(30)12-8-20/h3-16H,1-2H3/t27-,28-/m1/s1. The van der Waals surface area contributed by atoms with E-state index in [1.165, 1.54) is 0 Å². The number of ether oxygens (including phenoxy) is 3. The van der Waals surface area contributed by atoms with Crippen LogP contribution in [0.5, 0.6) is 11.5 Å². The third-order valence-electron chi connectivity index (χ3n) is 6.22. The molecule has 164 valence electrons. The van der Waals surface area contributed by atoms with Crippen LogP contribution in [0.15, 0.2) is 84.9 Å². The first-order valence-electron chi connectivity index (χ1n) is 10.7. The molecular formula is C28H20Cl2O3. The number of rotatable bonds is 2. The van der Waals surface area contributed by atoms with Crippen molar-refractivity contribution in [1.82, 2.24) is 0 Å². The zero-order chi connectivity index (χ0) is 22.8. The number of fused-ring (bicyclic) bond motifs is 6. The van der Waals surface area contributed by atoms with E-state index in [1.54, 1.807) is 0 Å². The van der Waals surface area contributed by atoms with Crippen molar-refractivity contribution in [2.45, 2.75) is 25.4 Å². The van der Waals surface area contributed by atoms with Gasteiger partial charge in [0.15, 0.2) is 0 Å². The molecule has 0 saturated carbocycles. The Balaban J connectivity index is 1.71. The Kier molecular flexibility index (Phi) is 4.54. The highest BCUT2D eigenvalue weighted by Crippen LogP contribution is 2.58. The van der Waals surface area contributed by atoms with Gasteiger partial charge >= 0.3 is 0 Å². The van der Waals surface area contributed by atoms with Crippen LogP contribution in [0.3, 0.4) is 0 Å². The molecule has 0 amide bonds. The molecule has 0 unspecified atom stereocenters. The number of benzene rings is 4. The fourth-order valence-corrected chi connectivity index (χ4v) is 4.89. The van der Waals surface area contributed by atoms with Crippen molar-refractivity contribution in [3.63, 3.8) is 0 Å². The third-order valence-corrected chi connectivity index (χ3v) is 6.73. The molecule has 0 fully saturated rings. The molecule has 0 aromatic heterocycles. The molecule has 6 rings (SSSR count). The molecule has 4 aromatic rings. The first-order valence-corrected chi connectivity index (χ1v) is 11.5. The van der Waals surface area contributed by atoms with Crippen LogP contribution < -0.4 is 9.47 Å². The van der Waals surface area contributed by atoms with Gasteiger partial charge in [-0.15, -0.1) is 0 Å². The molecular weight excluding hydrogens is 455 g/mol. The quantitative estimate of drug-likeness (QED) is 0.300. The number of halogens is 2. The van der Waals surface area contributed by atoms with Gasteiger partial charge in [-0.2, -0.15) is 0 Å². The molecule has 33 heavy (non-hydrogen) atoms. The van der Waals surface area contributed by atoms with Crippen LogP contribution in [0, 0.1) is 13.8 Å². The van der Waals surface area contributed by atoms with Crippen LogP contribution in [0.2, 0.25) is 10.0 Å². The topological polar surface area (TPSA) is 27.7 Å². The van der Waals surface area contributed by atoms with Crippen molar-refractivity contribution < 1.29 is 14.2 Å². The first kappa shape index (κ1) is 20.6. The maximum atomic E-state index is 6.98. The highest BCUT2D eigenvalue weighted by atomic mass is 35.5. The molecule has 0 N–H and O–H groups in total. The van der Waals surface area contributed by atoms with Gasteiger partial charge in [0.2, 0.25) is 0 Å². The fraction of sp³-hybridized carbons (Fsp3) is 0.143. The maximum absolute atomic E-state index is 6.98. The molecule has 0 saturated heterocycles. The highest BCUT2D eigenvalue weighted by molar-refractivity contribution is 6.30. The highest BCUT2D eigenvalue weighted by Gasteiger charge is 2.60. The predicted octanol–water partition coefficient (Wildman–Crippen LogP) is 7.51. The van der Waals surface area contributed by atoms with Crippen LogP contribution in [0.1, 0.15) is 33.4 Å². The molecule has 0 spiro atoms. The second-order valence-electron chi connectivity index (χ2n) is 8.55. The number of hydrogen-bond donors (Lipinski definition) is 0. The molecule has 3 nitrogen and oxygen atoms in total. The lowest BCUT2D eigenvalue weighted by Gasteiger charge is -2.52. The van der Waals surface area contributed by atoms with Gasteiger partial charge in [-0.3, -0.25) is 4.74 Å². The molecule has 2 atom stereocenters. The molecule has 2 heterocycles. The van der Waals surface area contributed by atoms with E-state index < -0.39 is 11.6 Å². The molecule has 2 aliphatic heterocycles. The minimum Gasteiger partial charge on any atom is -0.453 e. The third kappa shape index (κ3) is 3.07. The van der Waals surface area contributed by atoms with Gasteiger partial charge in [-0.1, -0.05) is 70.7 Å². The second kappa shape index (κ2) is 7.26. The smallest absolute Gasteiger partial charge is 0.271 e. The summed E-state index contributed by atoms with van der Waals surface area (Å²) in [6.07, 6.45) is 0. The van der Waals surface area contributed by atoms with Gasteiger partial charge < -0.3 is 9.47 Å².